The van der Waals surface area contributed by atoms with E-state index in [9.17, 15) is 0 Å². The van der Waals surface area contributed by atoms with Crippen LogP contribution in [0.25, 0.3) is 0 Å². The lowest BCUT2D eigenvalue weighted by molar-refractivity contribution is 0.138. The molecule has 1 aliphatic rings. The van der Waals surface area contributed by atoms with E-state index >= 15 is 0 Å². The second-order valence-corrected chi connectivity index (χ2v) is 6.16. The van der Waals surface area contributed by atoms with Gasteiger partial charge in [0.25, 0.3) is 0 Å². The van der Waals surface area contributed by atoms with Crippen LogP contribution in [0.4, 0.5) is 0 Å². The summed E-state index contributed by atoms with van der Waals surface area (Å²) in [4.78, 5) is 5.16. The predicted molar refractivity (Wildman–Crippen MR) is 89.5 cm³/mol. The van der Waals surface area contributed by atoms with Crippen molar-refractivity contribution in [3.63, 3.8) is 0 Å². The molecule has 0 aromatic carbocycles. The summed E-state index contributed by atoms with van der Waals surface area (Å²) >= 11 is 0. The third-order valence-electron chi connectivity index (χ3n) is 4.30. The standard InChI is InChI=1S/C18H36N2/c1-4-7-9-11-14-19-16-17-20(18(19)13-6-3)15-12-10-8-5-2/h16-18H,4-15H2,1-3H3. The monoisotopic (exact) mass is 280 g/mol. The van der Waals surface area contributed by atoms with Crippen molar-refractivity contribution in [2.45, 2.75) is 91.1 Å². The van der Waals surface area contributed by atoms with Crippen LogP contribution in [0.15, 0.2) is 12.4 Å². The molecule has 1 rings (SSSR count). The molecule has 118 valence electrons. The van der Waals surface area contributed by atoms with E-state index < -0.39 is 0 Å². The molecular formula is C18H36N2. The van der Waals surface area contributed by atoms with Crippen molar-refractivity contribution in [2.24, 2.45) is 0 Å². The predicted octanol–water partition coefficient (Wildman–Crippen LogP) is 5.36. The molecule has 0 spiro atoms. The minimum Gasteiger partial charge on any atom is -0.356 e. The number of hydrogen-bond acceptors (Lipinski definition) is 2. The molecule has 0 saturated carbocycles. The van der Waals surface area contributed by atoms with Crippen molar-refractivity contribution in [3.8, 4) is 0 Å². The zero-order valence-electron chi connectivity index (χ0n) is 14.1. The second-order valence-electron chi connectivity index (χ2n) is 6.16. The zero-order valence-corrected chi connectivity index (χ0v) is 14.1. The molecule has 0 aromatic rings. The van der Waals surface area contributed by atoms with Crippen LogP contribution in [0, 0.1) is 0 Å². The molecule has 0 aromatic heterocycles. The Kier molecular flexibility index (Phi) is 9.61. The Morgan fingerprint density at radius 2 is 1.15 bits per heavy atom. The van der Waals surface area contributed by atoms with Gasteiger partial charge < -0.3 is 9.80 Å². The maximum atomic E-state index is 2.58. The smallest absolute Gasteiger partial charge is 0.101 e. The third-order valence-corrected chi connectivity index (χ3v) is 4.30. The van der Waals surface area contributed by atoms with Crippen LogP contribution in [-0.4, -0.2) is 29.1 Å². The van der Waals surface area contributed by atoms with Gasteiger partial charge in [-0.3, -0.25) is 0 Å². The maximum absolute atomic E-state index is 2.58. The van der Waals surface area contributed by atoms with E-state index in [1.807, 2.05) is 0 Å². The normalized spacial score (nSPS) is 15.6. The number of unbranched alkanes of at least 4 members (excludes halogenated alkanes) is 6. The lowest BCUT2D eigenvalue weighted by atomic mass is 10.1. The Balaban J connectivity index is 2.30. The van der Waals surface area contributed by atoms with E-state index in [-0.39, 0.29) is 0 Å². The minimum absolute atomic E-state index is 0.642. The van der Waals surface area contributed by atoms with E-state index in [2.05, 4.69) is 43.0 Å². The fourth-order valence-corrected chi connectivity index (χ4v) is 3.04. The molecule has 2 nitrogen and oxygen atoms in total. The summed E-state index contributed by atoms with van der Waals surface area (Å²) in [6.07, 6.45) is 18.8. The fourth-order valence-electron chi connectivity index (χ4n) is 3.04. The van der Waals surface area contributed by atoms with Gasteiger partial charge in [0, 0.05) is 25.5 Å². The molecule has 0 aliphatic carbocycles. The molecule has 20 heavy (non-hydrogen) atoms. The Morgan fingerprint density at radius 3 is 1.55 bits per heavy atom. The van der Waals surface area contributed by atoms with Crippen molar-refractivity contribution >= 4 is 0 Å². The molecule has 0 bridgehead atoms. The molecular weight excluding hydrogens is 244 g/mol. The summed E-state index contributed by atoms with van der Waals surface area (Å²) in [5.74, 6) is 0. The summed E-state index contributed by atoms with van der Waals surface area (Å²) in [6, 6.07) is 0. The maximum Gasteiger partial charge on any atom is 0.101 e. The SMILES string of the molecule is CCCCCCN1C=CN(CCCCCC)C1CCC. The summed E-state index contributed by atoms with van der Waals surface area (Å²) in [5, 5.41) is 0. The Labute approximate surface area is 127 Å². The number of rotatable bonds is 12. The number of nitrogens with zero attached hydrogens (tertiary/aromatic N) is 2. The highest BCUT2D eigenvalue weighted by Crippen LogP contribution is 2.21. The average Bonchev–Trinajstić information content (AvgIpc) is 2.83. The van der Waals surface area contributed by atoms with Crippen LogP contribution in [0.1, 0.15) is 85.0 Å². The molecule has 2 heteroatoms. The van der Waals surface area contributed by atoms with Crippen LogP contribution in [0.3, 0.4) is 0 Å². The van der Waals surface area contributed by atoms with Crippen molar-refractivity contribution in [1.29, 1.82) is 0 Å². The first kappa shape index (κ1) is 17.4. The molecule has 1 aliphatic heterocycles. The van der Waals surface area contributed by atoms with Crippen molar-refractivity contribution in [1.82, 2.24) is 9.80 Å². The Bertz CT molecular complexity index is 228. The molecule has 1 heterocycles. The van der Waals surface area contributed by atoms with Crippen molar-refractivity contribution in [2.75, 3.05) is 13.1 Å². The topological polar surface area (TPSA) is 6.48 Å². The lowest BCUT2D eigenvalue weighted by Crippen LogP contribution is -2.39. The van der Waals surface area contributed by atoms with E-state index in [1.165, 1.54) is 77.3 Å². The minimum atomic E-state index is 0.642. The molecule has 0 radical (unpaired) electrons. The Morgan fingerprint density at radius 1 is 0.650 bits per heavy atom. The third kappa shape index (κ3) is 6.19. The van der Waals surface area contributed by atoms with Gasteiger partial charge in [0.05, 0.1) is 0 Å². The molecule has 0 atom stereocenters. The summed E-state index contributed by atoms with van der Waals surface area (Å²) in [6.45, 7) is 9.36. The summed E-state index contributed by atoms with van der Waals surface area (Å²) in [5.41, 5.74) is 0. The summed E-state index contributed by atoms with van der Waals surface area (Å²) < 4.78 is 0. The van der Waals surface area contributed by atoms with Crippen LogP contribution < -0.4 is 0 Å². The van der Waals surface area contributed by atoms with Crippen molar-refractivity contribution in [3.05, 3.63) is 12.4 Å². The van der Waals surface area contributed by atoms with Gasteiger partial charge in [-0.1, -0.05) is 65.7 Å². The van der Waals surface area contributed by atoms with Crippen molar-refractivity contribution < 1.29 is 0 Å². The molecule has 0 amide bonds. The first-order valence-electron chi connectivity index (χ1n) is 9.03. The largest absolute Gasteiger partial charge is 0.356 e. The average molecular weight is 280 g/mol. The fraction of sp³-hybridized carbons (Fsp3) is 0.889. The van der Waals surface area contributed by atoms with Crippen LogP contribution in [0.2, 0.25) is 0 Å². The second kappa shape index (κ2) is 11.0. The van der Waals surface area contributed by atoms with E-state index in [0.29, 0.717) is 6.17 Å². The highest BCUT2D eigenvalue weighted by Gasteiger charge is 2.24. The molecule has 0 N–H and O–H groups in total. The lowest BCUT2D eigenvalue weighted by Gasteiger charge is -2.33. The van der Waals surface area contributed by atoms with Crippen LogP contribution >= 0.6 is 0 Å². The Hall–Kier alpha value is -0.660. The first-order valence-corrected chi connectivity index (χ1v) is 9.03. The van der Waals surface area contributed by atoms with Gasteiger partial charge in [0.1, 0.15) is 6.17 Å². The number of hydrogen-bond donors (Lipinski definition) is 0. The quantitative estimate of drug-likeness (QED) is 0.444. The van der Waals surface area contributed by atoms with E-state index in [1.54, 1.807) is 0 Å². The summed E-state index contributed by atoms with van der Waals surface area (Å²) in [7, 11) is 0. The molecule has 0 saturated heterocycles. The van der Waals surface area contributed by atoms with Gasteiger partial charge in [-0.05, 0) is 19.3 Å². The van der Waals surface area contributed by atoms with Gasteiger partial charge >= 0.3 is 0 Å². The highest BCUT2D eigenvalue weighted by atomic mass is 15.4. The van der Waals surface area contributed by atoms with Gasteiger partial charge in [-0.2, -0.15) is 0 Å². The van der Waals surface area contributed by atoms with Gasteiger partial charge in [-0.15, -0.1) is 0 Å². The van der Waals surface area contributed by atoms with Gasteiger partial charge in [0.15, 0.2) is 0 Å². The molecule has 0 fully saturated rings. The first-order chi connectivity index (χ1) is 9.83. The van der Waals surface area contributed by atoms with E-state index in [0.717, 1.165) is 0 Å². The van der Waals surface area contributed by atoms with Gasteiger partial charge in [0.2, 0.25) is 0 Å². The zero-order chi connectivity index (χ0) is 14.6. The van der Waals surface area contributed by atoms with Gasteiger partial charge in [-0.25, -0.2) is 0 Å². The van der Waals surface area contributed by atoms with Crippen LogP contribution in [0.5, 0.6) is 0 Å². The molecule has 0 unspecified atom stereocenters. The van der Waals surface area contributed by atoms with E-state index in [4.69, 9.17) is 0 Å². The highest BCUT2D eigenvalue weighted by molar-refractivity contribution is 4.96. The van der Waals surface area contributed by atoms with Crippen LogP contribution in [-0.2, 0) is 0 Å².